The highest BCUT2D eigenvalue weighted by atomic mass is 16.6. The highest BCUT2D eigenvalue weighted by Crippen LogP contribution is 2.32. The van der Waals surface area contributed by atoms with Crippen molar-refractivity contribution in [2.45, 2.75) is 39.7 Å². The van der Waals surface area contributed by atoms with Gasteiger partial charge in [-0.2, -0.15) is 0 Å². The van der Waals surface area contributed by atoms with Crippen molar-refractivity contribution in [3.63, 3.8) is 0 Å². The van der Waals surface area contributed by atoms with Crippen LogP contribution < -0.4 is 10.2 Å². The summed E-state index contributed by atoms with van der Waals surface area (Å²) in [5.41, 5.74) is 1.93. The van der Waals surface area contributed by atoms with Crippen LogP contribution in [0.1, 0.15) is 33.6 Å². The van der Waals surface area contributed by atoms with E-state index in [1.807, 2.05) is 13.0 Å². The maximum Gasteiger partial charge on any atom is 0.273 e. The van der Waals surface area contributed by atoms with E-state index in [-0.39, 0.29) is 10.6 Å². The smallest absolute Gasteiger partial charge is 0.273 e. The number of nitrogens with zero attached hydrogens (tertiary/aromatic N) is 2. The third-order valence-corrected chi connectivity index (χ3v) is 3.94. The molecular weight excluding hydrogens is 254 g/mol. The molecule has 1 heterocycles. The fourth-order valence-electron chi connectivity index (χ4n) is 2.82. The van der Waals surface area contributed by atoms with Crippen molar-refractivity contribution >= 4 is 17.1 Å². The molecule has 0 aliphatic carbocycles. The lowest BCUT2D eigenvalue weighted by molar-refractivity contribution is -0.384. The van der Waals surface area contributed by atoms with Gasteiger partial charge in [-0.1, -0.05) is 6.92 Å². The number of non-ortho nitro benzene ring substituents is 1. The number of rotatable bonds is 4. The third kappa shape index (κ3) is 3.21. The summed E-state index contributed by atoms with van der Waals surface area (Å²) in [6, 6.07) is 5.74. The summed E-state index contributed by atoms with van der Waals surface area (Å²) in [5.74, 6) is 0.632. The highest BCUT2D eigenvalue weighted by molar-refractivity contribution is 5.65. The van der Waals surface area contributed by atoms with E-state index in [0.717, 1.165) is 30.9 Å². The minimum atomic E-state index is -0.317. The molecule has 1 saturated heterocycles. The molecule has 20 heavy (non-hydrogen) atoms. The summed E-state index contributed by atoms with van der Waals surface area (Å²) >= 11 is 0. The standard InChI is InChI=1S/C15H23N3O2/c1-4-16-13-7-14(9-15(8-13)18(19)20)17-10-11(2)5-6-12(17)3/h7-9,11-12,16H,4-6,10H2,1-3H3. The molecule has 1 aliphatic heterocycles. The first-order chi connectivity index (χ1) is 9.51. The molecular formula is C15H23N3O2. The van der Waals surface area contributed by atoms with E-state index in [4.69, 9.17) is 0 Å². The summed E-state index contributed by atoms with van der Waals surface area (Å²) in [6.07, 6.45) is 2.37. The number of anilines is 2. The molecule has 2 rings (SSSR count). The predicted octanol–water partition coefficient (Wildman–Crippen LogP) is 3.65. The first kappa shape index (κ1) is 14.6. The zero-order valence-electron chi connectivity index (χ0n) is 12.4. The van der Waals surface area contributed by atoms with E-state index in [1.54, 1.807) is 12.1 Å². The lowest BCUT2D eigenvalue weighted by Gasteiger charge is -2.38. The minimum Gasteiger partial charge on any atom is -0.385 e. The Morgan fingerprint density at radius 1 is 1.35 bits per heavy atom. The topological polar surface area (TPSA) is 58.4 Å². The molecule has 0 amide bonds. The largest absolute Gasteiger partial charge is 0.385 e. The summed E-state index contributed by atoms with van der Waals surface area (Å²) in [4.78, 5) is 13.1. The fourth-order valence-corrected chi connectivity index (χ4v) is 2.82. The van der Waals surface area contributed by atoms with Crippen molar-refractivity contribution in [3.8, 4) is 0 Å². The lowest BCUT2D eigenvalue weighted by Crippen LogP contribution is -2.41. The van der Waals surface area contributed by atoms with Crippen LogP contribution in [0.25, 0.3) is 0 Å². The van der Waals surface area contributed by atoms with Crippen LogP contribution in [0.5, 0.6) is 0 Å². The second kappa shape index (κ2) is 6.11. The lowest BCUT2D eigenvalue weighted by atomic mass is 9.94. The van der Waals surface area contributed by atoms with Crippen molar-refractivity contribution < 1.29 is 4.92 Å². The average molecular weight is 277 g/mol. The van der Waals surface area contributed by atoms with Crippen LogP contribution in [0.15, 0.2) is 18.2 Å². The fraction of sp³-hybridized carbons (Fsp3) is 0.600. The SMILES string of the molecule is CCNc1cc(N2CC(C)CCC2C)cc([N+](=O)[O-])c1. The molecule has 0 bridgehead atoms. The molecule has 2 atom stereocenters. The van der Waals surface area contributed by atoms with Gasteiger partial charge >= 0.3 is 0 Å². The monoisotopic (exact) mass is 277 g/mol. The van der Waals surface area contributed by atoms with Gasteiger partial charge in [0.1, 0.15) is 0 Å². The van der Waals surface area contributed by atoms with Crippen molar-refractivity contribution in [3.05, 3.63) is 28.3 Å². The van der Waals surface area contributed by atoms with E-state index >= 15 is 0 Å². The molecule has 0 saturated carbocycles. The Hall–Kier alpha value is -1.78. The molecule has 5 nitrogen and oxygen atoms in total. The molecule has 1 fully saturated rings. The summed E-state index contributed by atoms with van der Waals surface area (Å²) in [7, 11) is 0. The second-order valence-corrected chi connectivity index (χ2v) is 5.71. The Balaban J connectivity index is 2.35. The quantitative estimate of drug-likeness (QED) is 0.674. The number of hydrogen-bond donors (Lipinski definition) is 1. The van der Waals surface area contributed by atoms with Gasteiger partial charge in [0.05, 0.1) is 4.92 Å². The molecule has 0 radical (unpaired) electrons. The Labute approximate surface area is 120 Å². The average Bonchev–Trinajstić information content (AvgIpc) is 2.41. The molecule has 1 aromatic rings. The number of nitrogens with one attached hydrogen (secondary N) is 1. The Morgan fingerprint density at radius 3 is 2.75 bits per heavy atom. The number of hydrogen-bond acceptors (Lipinski definition) is 4. The zero-order valence-corrected chi connectivity index (χ0v) is 12.4. The first-order valence-corrected chi connectivity index (χ1v) is 7.31. The summed E-state index contributed by atoms with van der Waals surface area (Å²) in [6.45, 7) is 8.14. The van der Waals surface area contributed by atoms with Gasteiger partial charge in [-0.05, 0) is 38.7 Å². The van der Waals surface area contributed by atoms with E-state index < -0.39 is 0 Å². The molecule has 1 aromatic carbocycles. The van der Waals surface area contributed by atoms with E-state index in [1.165, 1.54) is 6.42 Å². The Kier molecular flexibility index (Phi) is 4.47. The van der Waals surface area contributed by atoms with Crippen molar-refractivity contribution in [2.24, 2.45) is 5.92 Å². The number of piperidine rings is 1. The van der Waals surface area contributed by atoms with Gasteiger partial charge in [0.25, 0.3) is 5.69 Å². The van der Waals surface area contributed by atoms with E-state index in [9.17, 15) is 10.1 Å². The van der Waals surface area contributed by atoms with Crippen LogP contribution in [-0.4, -0.2) is 24.1 Å². The van der Waals surface area contributed by atoms with Crippen molar-refractivity contribution in [2.75, 3.05) is 23.3 Å². The van der Waals surface area contributed by atoms with Gasteiger partial charge in [0.15, 0.2) is 0 Å². The molecule has 1 aliphatic rings. The van der Waals surface area contributed by atoms with Gasteiger partial charge in [0.2, 0.25) is 0 Å². The van der Waals surface area contributed by atoms with Crippen LogP contribution in [0.2, 0.25) is 0 Å². The molecule has 0 spiro atoms. The third-order valence-electron chi connectivity index (χ3n) is 3.94. The van der Waals surface area contributed by atoms with Gasteiger partial charge in [-0.25, -0.2) is 0 Å². The maximum absolute atomic E-state index is 11.1. The van der Waals surface area contributed by atoms with Crippen LogP contribution in [0.3, 0.4) is 0 Å². The van der Waals surface area contributed by atoms with E-state index in [0.29, 0.717) is 12.0 Å². The van der Waals surface area contributed by atoms with Gasteiger partial charge in [0, 0.05) is 42.6 Å². The van der Waals surface area contributed by atoms with Crippen molar-refractivity contribution in [1.29, 1.82) is 0 Å². The number of nitro benzene ring substituents is 1. The molecule has 110 valence electrons. The first-order valence-electron chi connectivity index (χ1n) is 7.31. The molecule has 1 N–H and O–H groups in total. The van der Waals surface area contributed by atoms with Gasteiger partial charge in [-0.15, -0.1) is 0 Å². The minimum absolute atomic E-state index is 0.156. The number of nitro groups is 1. The van der Waals surface area contributed by atoms with E-state index in [2.05, 4.69) is 24.1 Å². The maximum atomic E-state index is 11.1. The zero-order chi connectivity index (χ0) is 14.7. The van der Waals surface area contributed by atoms with Crippen molar-refractivity contribution in [1.82, 2.24) is 0 Å². The summed E-state index contributed by atoms with van der Waals surface area (Å²) in [5, 5.41) is 14.3. The van der Waals surface area contributed by atoms with Crippen LogP contribution in [0, 0.1) is 16.0 Å². The molecule has 0 aromatic heterocycles. The molecule has 2 unspecified atom stereocenters. The summed E-state index contributed by atoms with van der Waals surface area (Å²) < 4.78 is 0. The molecule has 5 heteroatoms. The van der Waals surface area contributed by atoms with Gasteiger partial charge < -0.3 is 10.2 Å². The Bertz CT molecular complexity index is 490. The predicted molar refractivity (Wildman–Crippen MR) is 82.5 cm³/mol. The second-order valence-electron chi connectivity index (χ2n) is 5.71. The van der Waals surface area contributed by atoms with Crippen LogP contribution >= 0.6 is 0 Å². The van der Waals surface area contributed by atoms with Crippen LogP contribution in [0.4, 0.5) is 17.1 Å². The van der Waals surface area contributed by atoms with Crippen LogP contribution in [-0.2, 0) is 0 Å². The van der Waals surface area contributed by atoms with Gasteiger partial charge in [-0.3, -0.25) is 10.1 Å². The normalized spacial score (nSPS) is 22.6. The number of benzene rings is 1. The highest BCUT2D eigenvalue weighted by Gasteiger charge is 2.24. The Morgan fingerprint density at radius 2 is 2.10 bits per heavy atom.